The monoisotopic (exact) mass is 289 g/mol. The van der Waals surface area contributed by atoms with Crippen LogP contribution in [0.3, 0.4) is 0 Å². The van der Waals surface area contributed by atoms with E-state index >= 15 is 0 Å². The molecule has 0 saturated carbocycles. The molecule has 3 rings (SSSR count). The number of rotatable bonds is 3. The van der Waals surface area contributed by atoms with E-state index in [1.807, 2.05) is 18.2 Å². The summed E-state index contributed by atoms with van der Waals surface area (Å²) in [5.41, 5.74) is 0.605. The van der Waals surface area contributed by atoms with Gasteiger partial charge in [0.2, 0.25) is 0 Å². The number of fused-ring (bicyclic) bond motifs is 1. The van der Waals surface area contributed by atoms with Gasteiger partial charge >= 0.3 is 0 Å². The quantitative estimate of drug-likeness (QED) is 0.941. The Balaban J connectivity index is 1.82. The lowest BCUT2D eigenvalue weighted by Crippen LogP contribution is -2.39. The third-order valence-electron chi connectivity index (χ3n) is 4.10. The number of hydrogen-bond donors (Lipinski definition) is 1. The number of furan rings is 1. The second-order valence-corrected chi connectivity index (χ2v) is 5.41. The number of likely N-dealkylation sites (tertiary alicyclic amines) is 1. The van der Waals surface area contributed by atoms with Crippen molar-refractivity contribution < 1.29 is 19.1 Å². The van der Waals surface area contributed by atoms with Gasteiger partial charge in [0, 0.05) is 25.1 Å². The Morgan fingerprint density at radius 3 is 2.86 bits per heavy atom. The number of carbonyl (C=O) groups excluding carboxylic acids is 1. The predicted molar refractivity (Wildman–Crippen MR) is 78.5 cm³/mol. The normalized spacial score (nSPS) is 16.4. The minimum atomic E-state index is -0.0929. The van der Waals surface area contributed by atoms with Gasteiger partial charge in [0.25, 0.3) is 5.91 Å². The molecule has 1 saturated heterocycles. The van der Waals surface area contributed by atoms with Crippen LogP contribution < -0.4 is 4.74 Å². The SMILES string of the molecule is COc1cccc2cc(C(=O)N3CCC(CO)CC3)oc12. The molecule has 0 atom stereocenters. The standard InChI is InChI=1S/C16H19NO4/c1-20-13-4-2-3-12-9-14(21-15(12)13)16(19)17-7-5-11(10-18)6-8-17/h2-4,9,11,18H,5-8,10H2,1H3. The Hall–Kier alpha value is -2.01. The Bertz CT molecular complexity index is 641. The number of carbonyl (C=O) groups is 1. The van der Waals surface area contributed by atoms with Gasteiger partial charge in [-0.05, 0) is 30.9 Å². The number of ether oxygens (including phenoxy) is 1. The Morgan fingerprint density at radius 1 is 1.43 bits per heavy atom. The van der Waals surface area contributed by atoms with Crippen molar-refractivity contribution in [3.05, 3.63) is 30.0 Å². The first-order valence-corrected chi connectivity index (χ1v) is 7.19. The van der Waals surface area contributed by atoms with Gasteiger partial charge in [-0.2, -0.15) is 0 Å². The number of piperidine rings is 1. The first-order valence-electron chi connectivity index (χ1n) is 7.19. The summed E-state index contributed by atoms with van der Waals surface area (Å²) in [6.45, 7) is 1.53. The van der Waals surface area contributed by atoms with E-state index in [4.69, 9.17) is 14.3 Å². The van der Waals surface area contributed by atoms with Crippen LogP contribution in [0.25, 0.3) is 11.0 Å². The number of amides is 1. The van der Waals surface area contributed by atoms with E-state index in [9.17, 15) is 4.79 Å². The summed E-state index contributed by atoms with van der Waals surface area (Å²) in [6.07, 6.45) is 1.68. The highest BCUT2D eigenvalue weighted by molar-refractivity contribution is 5.97. The highest BCUT2D eigenvalue weighted by Gasteiger charge is 2.25. The second kappa shape index (κ2) is 5.77. The lowest BCUT2D eigenvalue weighted by Gasteiger charge is -2.30. The molecule has 5 nitrogen and oxygen atoms in total. The molecule has 0 bridgehead atoms. The largest absolute Gasteiger partial charge is 0.493 e. The molecule has 0 spiro atoms. The van der Waals surface area contributed by atoms with Crippen molar-refractivity contribution in [2.45, 2.75) is 12.8 Å². The van der Waals surface area contributed by atoms with Gasteiger partial charge < -0.3 is 19.2 Å². The fourth-order valence-corrected chi connectivity index (χ4v) is 2.78. The van der Waals surface area contributed by atoms with E-state index in [0.29, 0.717) is 36.1 Å². The Kier molecular flexibility index (Phi) is 3.84. The zero-order chi connectivity index (χ0) is 14.8. The number of aliphatic hydroxyl groups is 1. The van der Waals surface area contributed by atoms with Crippen LogP contribution in [0.15, 0.2) is 28.7 Å². The predicted octanol–water partition coefficient (Wildman–Crippen LogP) is 2.29. The summed E-state index contributed by atoms with van der Waals surface area (Å²) in [6, 6.07) is 7.35. The Labute approximate surface area is 123 Å². The molecule has 1 aliphatic rings. The van der Waals surface area contributed by atoms with Crippen LogP contribution in [0.2, 0.25) is 0 Å². The van der Waals surface area contributed by atoms with Crippen molar-refractivity contribution in [2.24, 2.45) is 5.92 Å². The minimum Gasteiger partial charge on any atom is -0.493 e. The maximum Gasteiger partial charge on any atom is 0.289 e. The number of para-hydroxylation sites is 1. The summed E-state index contributed by atoms with van der Waals surface area (Å²) >= 11 is 0. The van der Waals surface area contributed by atoms with Gasteiger partial charge in [0.05, 0.1) is 7.11 Å². The highest BCUT2D eigenvalue weighted by atomic mass is 16.5. The van der Waals surface area contributed by atoms with E-state index in [2.05, 4.69) is 0 Å². The van der Waals surface area contributed by atoms with Crippen molar-refractivity contribution in [2.75, 3.05) is 26.8 Å². The van der Waals surface area contributed by atoms with E-state index < -0.39 is 0 Å². The average Bonchev–Trinajstić information content (AvgIpc) is 2.98. The van der Waals surface area contributed by atoms with Crippen LogP contribution in [-0.4, -0.2) is 42.7 Å². The molecular formula is C16H19NO4. The molecule has 5 heteroatoms. The van der Waals surface area contributed by atoms with E-state index in [1.165, 1.54) is 0 Å². The molecule has 1 amide bonds. The molecule has 1 aliphatic heterocycles. The maximum atomic E-state index is 12.5. The lowest BCUT2D eigenvalue weighted by atomic mass is 9.98. The molecule has 2 aromatic rings. The maximum absolute atomic E-state index is 12.5. The number of hydrogen-bond acceptors (Lipinski definition) is 4. The molecule has 1 N–H and O–H groups in total. The van der Waals surface area contributed by atoms with Crippen molar-refractivity contribution >= 4 is 16.9 Å². The molecular weight excluding hydrogens is 270 g/mol. The van der Waals surface area contributed by atoms with Gasteiger partial charge in [-0.1, -0.05) is 12.1 Å². The van der Waals surface area contributed by atoms with Gasteiger partial charge in [0.1, 0.15) is 0 Å². The summed E-state index contributed by atoms with van der Waals surface area (Å²) in [5, 5.41) is 10.0. The van der Waals surface area contributed by atoms with Crippen LogP contribution in [0, 0.1) is 5.92 Å². The minimum absolute atomic E-state index is 0.0929. The van der Waals surface area contributed by atoms with Crippen molar-refractivity contribution in [3.63, 3.8) is 0 Å². The van der Waals surface area contributed by atoms with Crippen LogP contribution >= 0.6 is 0 Å². The molecule has 0 unspecified atom stereocenters. The van der Waals surface area contributed by atoms with E-state index in [0.717, 1.165) is 18.2 Å². The van der Waals surface area contributed by atoms with Gasteiger partial charge in [-0.15, -0.1) is 0 Å². The van der Waals surface area contributed by atoms with Crippen LogP contribution in [0.5, 0.6) is 5.75 Å². The van der Waals surface area contributed by atoms with Crippen molar-refractivity contribution in [3.8, 4) is 5.75 Å². The molecule has 1 fully saturated rings. The Morgan fingerprint density at radius 2 is 2.19 bits per heavy atom. The fraction of sp³-hybridized carbons (Fsp3) is 0.438. The number of aliphatic hydroxyl groups excluding tert-OH is 1. The summed E-state index contributed by atoms with van der Waals surface area (Å²) < 4.78 is 10.9. The third-order valence-corrected chi connectivity index (χ3v) is 4.10. The van der Waals surface area contributed by atoms with Gasteiger partial charge in [0.15, 0.2) is 17.1 Å². The lowest BCUT2D eigenvalue weighted by molar-refractivity contribution is 0.0622. The van der Waals surface area contributed by atoms with Crippen LogP contribution in [-0.2, 0) is 0 Å². The number of methoxy groups -OCH3 is 1. The first kappa shape index (κ1) is 13.9. The molecule has 0 aliphatic carbocycles. The first-order chi connectivity index (χ1) is 10.2. The van der Waals surface area contributed by atoms with E-state index in [-0.39, 0.29) is 12.5 Å². The molecule has 2 heterocycles. The molecule has 112 valence electrons. The van der Waals surface area contributed by atoms with Crippen molar-refractivity contribution in [1.82, 2.24) is 4.90 Å². The van der Waals surface area contributed by atoms with Gasteiger partial charge in [-0.3, -0.25) is 4.79 Å². The third kappa shape index (κ3) is 2.61. The van der Waals surface area contributed by atoms with Crippen LogP contribution in [0.4, 0.5) is 0 Å². The zero-order valence-corrected chi connectivity index (χ0v) is 12.0. The summed E-state index contributed by atoms with van der Waals surface area (Å²) in [5.74, 6) is 1.19. The zero-order valence-electron chi connectivity index (χ0n) is 12.0. The van der Waals surface area contributed by atoms with E-state index in [1.54, 1.807) is 18.1 Å². The number of nitrogens with zero attached hydrogens (tertiary/aromatic N) is 1. The topological polar surface area (TPSA) is 62.9 Å². The highest BCUT2D eigenvalue weighted by Crippen LogP contribution is 2.29. The molecule has 0 radical (unpaired) electrons. The molecule has 1 aromatic heterocycles. The van der Waals surface area contributed by atoms with Gasteiger partial charge in [-0.25, -0.2) is 0 Å². The fourth-order valence-electron chi connectivity index (χ4n) is 2.78. The average molecular weight is 289 g/mol. The number of benzene rings is 1. The van der Waals surface area contributed by atoms with Crippen molar-refractivity contribution in [1.29, 1.82) is 0 Å². The van der Waals surface area contributed by atoms with Crippen LogP contribution in [0.1, 0.15) is 23.4 Å². The second-order valence-electron chi connectivity index (χ2n) is 5.41. The molecule has 21 heavy (non-hydrogen) atoms. The summed E-state index contributed by atoms with van der Waals surface area (Å²) in [7, 11) is 1.58. The summed E-state index contributed by atoms with van der Waals surface area (Å²) in [4.78, 5) is 14.3. The molecule has 1 aromatic carbocycles. The smallest absolute Gasteiger partial charge is 0.289 e.